The smallest absolute Gasteiger partial charge is 0.253 e. The number of carbonyl (C=O) groups is 1. The Morgan fingerprint density at radius 1 is 1.21 bits per heavy atom. The summed E-state index contributed by atoms with van der Waals surface area (Å²) in [6.07, 6.45) is 0.890. The Balaban J connectivity index is 1.36. The second-order valence-corrected chi connectivity index (χ2v) is 6.42. The minimum absolute atomic E-state index is 0.111. The normalized spacial score (nSPS) is 17.6. The number of rotatable bonds is 3. The first kappa shape index (κ1) is 15.2. The Hall–Kier alpha value is -2.34. The maximum atomic E-state index is 12.7. The van der Waals surface area contributed by atoms with Gasteiger partial charge in [0, 0.05) is 44.2 Å². The maximum absolute atomic E-state index is 12.7. The van der Waals surface area contributed by atoms with Gasteiger partial charge in [0.2, 0.25) is 0 Å². The van der Waals surface area contributed by atoms with E-state index in [0.717, 1.165) is 67.5 Å². The van der Waals surface area contributed by atoms with E-state index in [-0.39, 0.29) is 5.91 Å². The van der Waals surface area contributed by atoms with Gasteiger partial charge in [-0.3, -0.25) is 9.69 Å². The summed E-state index contributed by atoms with van der Waals surface area (Å²) < 4.78 is 10.8. The van der Waals surface area contributed by atoms with Crippen LogP contribution in [0.3, 0.4) is 0 Å². The van der Waals surface area contributed by atoms with E-state index in [2.05, 4.69) is 10.1 Å². The van der Waals surface area contributed by atoms with Gasteiger partial charge in [0.05, 0.1) is 18.8 Å². The highest BCUT2D eigenvalue weighted by Crippen LogP contribution is 2.26. The van der Waals surface area contributed by atoms with Gasteiger partial charge < -0.3 is 14.2 Å². The third-order valence-electron chi connectivity index (χ3n) is 4.65. The fraction of sp³-hybridized carbons (Fsp3) is 0.444. The molecule has 0 atom stereocenters. The van der Waals surface area contributed by atoms with Crippen LogP contribution in [0, 0.1) is 6.92 Å². The number of amides is 1. The number of aryl methyl sites for hydroxylation is 1. The molecule has 0 spiro atoms. The number of ether oxygens (including phenoxy) is 1. The van der Waals surface area contributed by atoms with E-state index in [1.165, 1.54) is 0 Å². The van der Waals surface area contributed by atoms with Crippen LogP contribution in [0.4, 0.5) is 0 Å². The molecule has 1 fully saturated rings. The van der Waals surface area contributed by atoms with Crippen LogP contribution in [0.1, 0.15) is 27.4 Å². The quantitative estimate of drug-likeness (QED) is 0.861. The first-order chi connectivity index (χ1) is 11.7. The molecule has 2 aromatic rings. The molecule has 3 heterocycles. The second kappa shape index (κ2) is 6.28. The summed E-state index contributed by atoms with van der Waals surface area (Å²) in [6, 6.07) is 7.73. The van der Waals surface area contributed by atoms with Gasteiger partial charge in [0.1, 0.15) is 5.75 Å². The van der Waals surface area contributed by atoms with Crippen molar-refractivity contribution >= 4 is 5.91 Å². The molecule has 0 saturated carbocycles. The van der Waals surface area contributed by atoms with Gasteiger partial charge in [-0.1, -0.05) is 5.16 Å². The number of aromatic nitrogens is 1. The lowest BCUT2D eigenvalue weighted by Crippen LogP contribution is -2.48. The van der Waals surface area contributed by atoms with Gasteiger partial charge in [0.25, 0.3) is 5.91 Å². The molecule has 126 valence electrons. The minimum Gasteiger partial charge on any atom is -0.493 e. The maximum Gasteiger partial charge on any atom is 0.253 e. The van der Waals surface area contributed by atoms with Crippen LogP contribution < -0.4 is 4.74 Å². The fourth-order valence-corrected chi connectivity index (χ4v) is 3.32. The SMILES string of the molecule is Cc1cc(CN2CCN(C(=O)c3ccc4c(c3)CCO4)CC2)on1. The highest BCUT2D eigenvalue weighted by atomic mass is 16.5. The number of hydrogen-bond acceptors (Lipinski definition) is 5. The topological polar surface area (TPSA) is 58.8 Å². The van der Waals surface area contributed by atoms with E-state index >= 15 is 0 Å². The number of carbonyl (C=O) groups excluding carboxylic acids is 1. The molecule has 2 aliphatic rings. The summed E-state index contributed by atoms with van der Waals surface area (Å²) in [6.45, 7) is 6.55. The third kappa shape index (κ3) is 3.01. The predicted molar refractivity (Wildman–Crippen MR) is 88.1 cm³/mol. The Morgan fingerprint density at radius 2 is 2.04 bits per heavy atom. The summed E-state index contributed by atoms with van der Waals surface area (Å²) in [5.41, 5.74) is 2.80. The number of hydrogen-bond donors (Lipinski definition) is 0. The molecule has 1 saturated heterocycles. The standard InChI is InChI=1S/C18H21N3O3/c1-13-10-16(24-19-13)12-20-5-7-21(8-6-20)18(22)15-2-3-17-14(11-15)4-9-23-17/h2-3,10-11H,4-9,12H2,1H3. The molecular weight excluding hydrogens is 306 g/mol. The van der Waals surface area contributed by atoms with Gasteiger partial charge in [-0.2, -0.15) is 0 Å². The van der Waals surface area contributed by atoms with Gasteiger partial charge >= 0.3 is 0 Å². The summed E-state index contributed by atoms with van der Waals surface area (Å²) in [7, 11) is 0. The Bertz CT molecular complexity index is 748. The van der Waals surface area contributed by atoms with Gasteiger partial charge in [-0.05, 0) is 30.7 Å². The van der Waals surface area contributed by atoms with Crippen LogP contribution in [-0.4, -0.2) is 53.6 Å². The molecular formula is C18H21N3O3. The average Bonchev–Trinajstić information content (AvgIpc) is 3.23. The monoisotopic (exact) mass is 327 g/mol. The lowest BCUT2D eigenvalue weighted by molar-refractivity contribution is 0.0617. The van der Waals surface area contributed by atoms with E-state index in [1.807, 2.05) is 36.1 Å². The number of benzene rings is 1. The fourth-order valence-electron chi connectivity index (χ4n) is 3.32. The summed E-state index contributed by atoms with van der Waals surface area (Å²) in [5, 5.41) is 3.92. The summed E-state index contributed by atoms with van der Waals surface area (Å²) in [5.74, 6) is 1.91. The molecule has 1 aromatic heterocycles. The minimum atomic E-state index is 0.111. The molecule has 1 aromatic carbocycles. The zero-order valence-corrected chi connectivity index (χ0v) is 13.8. The van der Waals surface area contributed by atoms with Crippen molar-refractivity contribution in [1.82, 2.24) is 15.0 Å². The summed E-state index contributed by atoms with van der Waals surface area (Å²) in [4.78, 5) is 16.9. The number of fused-ring (bicyclic) bond motifs is 1. The molecule has 6 heteroatoms. The largest absolute Gasteiger partial charge is 0.493 e. The van der Waals surface area contributed by atoms with Gasteiger partial charge in [0.15, 0.2) is 5.76 Å². The van der Waals surface area contributed by atoms with Crippen LogP contribution in [0.2, 0.25) is 0 Å². The van der Waals surface area contributed by atoms with Crippen molar-refractivity contribution in [2.24, 2.45) is 0 Å². The van der Waals surface area contributed by atoms with Crippen LogP contribution >= 0.6 is 0 Å². The highest BCUT2D eigenvalue weighted by molar-refractivity contribution is 5.94. The van der Waals surface area contributed by atoms with Crippen molar-refractivity contribution in [3.8, 4) is 5.75 Å². The van der Waals surface area contributed by atoms with Crippen LogP contribution in [0.5, 0.6) is 5.75 Å². The molecule has 0 aliphatic carbocycles. The molecule has 2 aliphatic heterocycles. The Labute approximate surface area is 141 Å². The zero-order chi connectivity index (χ0) is 16.5. The van der Waals surface area contributed by atoms with E-state index in [9.17, 15) is 4.79 Å². The molecule has 1 amide bonds. The van der Waals surface area contributed by atoms with Crippen LogP contribution in [0.15, 0.2) is 28.8 Å². The number of nitrogens with zero attached hydrogens (tertiary/aromatic N) is 3. The first-order valence-corrected chi connectivity index (χ1v) is 8.38. The van der Waals surface area contributed by atoms with Gasteiger partial charge in [-0.25, -0.2) is 0 Å². The van der Waals surface area contributed by atoms with Crippen LogP contribution in [0.25, 0.3) is 0 Å². The zero-order valence-electron chi connectivity index (χ0n) is 13.8. The van der Waals surface area contributed by atoms with Crippen molar-refractivity contribution in [2.75, 3.05) is 32.8 Å². The van der Waals surface area contributed by atoms with Crippen molar-refractivity contribution in [2.45, 2.75) is 19.9 Å². The lowest BCUT2D eigenvalue weighted by atomic mass is 10.1. The van der Waals surface area contributed by atoms with Gasteiger partial charge in [-0.15, -0.1) is 0 Å². The molecule has 6 nitrogen and oxygen atoms in total. The van der Waals surface area contributed by atoms with E-state index in [0.29, 0.717) is 6.61 Å². The van der Waals surface area contributed by atoms with Crippen molar-refractivity contribution < 1.29 is 14.1 Å². The molecule has 0 unspecified atom stereocenters. The predicted octanol–water partition coefficient (Wildman–Crippen LogP) is 1.88. The van der Waals surface area contributed by atoms with E-state index in [4.69, 9.17) is 9.26 Å². The Kier molecular flexibility index (Phi) is 3.98. The Morgan fingerprint density at radius 3 is 2.79 bits per heavy atom. The summed E-state index contributed by atoms with van der Waals surface area (Å²) >= 11 is 0. The second-order valence-electron chi connectivity index (χ2n) is 6.42. The average molecular weight is 327 g/mol. The lowest BCUT2D eigenvalue weighted by Gasteiger charge is -2.34. The molecule has 0 radical (unpaired) electrons. The molecule has 0 N–H and O–H groups in total. The van der Waals surface area contributed by atoms with Crippen molar-refractivity contribution in [3.63, 3.8) is 0 Å². The van der Waals surface area contributed by atoms with E-state index in [1.54, 1.807) is 0 Å². The van der Waals surface area contributed by atoms with Crippen LogP contribution in [-0.2, 0) is 13.0 Å². The number of piperazine rings is 1. The van der Waals surface area contributed by atoms with Crippen molar-refractivity contribution in [1.29, 1.82) is 0 Å². The molecule has 0 bridgehead atoms. The molecule has 4 rings (SSSR count). The highest BCUT2D eigenvalue weighted by Gasteiger charge is 2.24. The third-order valence-corrected chi connectivity index (χ3v) is 4.65. The van der Waals surface area contributed by atoms with Crippen molar-refractivity contribution in [3.05, 3.63) is 46.8 Å². The van der Waals surface area contributed by atoms with E-state index < -0.39 is 0 Å². The first-order valence-electron chi connectivity index (χ1n) is 8.38. The molecule has 24 heavy (non-hydrogen) atoms.